The lowest BCUT2D eigenvalue weighted by Crippen LogP contribution is -2.37. The molecule has 31 heavy (non-hydrogen) atoms. The Bertz CT molecular complexity index is 738. The van der Waals surface area contributed by atoms with Crippen LogP contribution < -0.4 is 16.0 Å². The molecule has 0 atom stereocenters. The maximum Gasteiger partial charge on any atom is 0.243 e. The maximum atomic E-state index is 12.6. The summed E-state index contributed by atoms with van der Waals surface area (Å²) in [6, 6.07) is 4.56. The topological polar surface area (TPSA) is 131 Å². The highest BCUT2D eigenvalue weighted by atomic mass is 16.3. The first-order chi connectivity index (χ1) is 14.9. The van der Waals surface area contributed by atoms with Crippen LogP contribution in [-0.4, -0.2) is 65.6 Å². The SMILES string of the molecule is C=CC(=O)NCCCN(CCCNC(=O)C=C)C(=O)CCNCc1ccc(O)c(O)c1. The summed E-state index contributed by atoms with van der Waals surface area (Å²) in [7, 11) is 0. The van der Waals surface area contributed by atoms with E-state index in [-0.39, 0.29) is 35.6 Å². The molecular weight excluding hydrogens is 400 g/mol. The van der Waals surface area contributed by atoms with E-state index in [1.54, 1.807) is 11.0 Å². The van der Waals surface area contributed by atoms with Crippen LogP contribution in [0.15, 0.2) is 43.5 Å². The van der Waals surface area contributed by atoms with Gasteiger partial charge in [-0.25, -0.2) is 0 Å². The number of phenols is 2. The predicted octanol–water partition coefficient (Wildman–Crippen LogP) is 0.791. The monoisotopic (exact) mass is 432 g/mol. The molecule has 0 fully saturated rings. The summed E-state index contributed by atoms with van der Waals surface area (Å²) >= 11 is 0. The van der Waals surface area contributed by atoms with Gasteiger partial charge in [-0.2, -0.15) is 0 Å². The first-order valence-corrected chi connectivity index (χ1v) is 10.2. The molecule has 0 saturated heterocycles. The Morgan fingerprint density at radius 2 is 1.48 bits per heavy atom. The van der Waals surface area contributed by atoms with Crippen LogP contribution in [0, 0.1) is 0 Å². The van der Waals surface area contributed by atoms with E-state index in [1.807, 2.05) is 0 Å². The van der Waals surface area contributed by atoms with Crippen molar-refractivity contribution >= 4 is 17.7 Å². The number of amides is 3. The Morgan fingerprint density at radius 3 is 2.00 bits per heavy atom. The van der Waals surface area contributed by atoms with Gasteiger partial charge in [0.25, 0.3) is 0 Å². The van der Waals surface area contributed by atoms with Crippen LogP contribution in [0.4, 0.5) is 0 Å². The Morgan fingerprint density at radius 1 is 0.903 bits per heavy atom. The molecule has 0 bridgehead atoms. The number of nitrogens with zero attached hydrogens (tertiary/aromatic N) is 1. The zero-order chi connectivity index (χ0) is 23.1. The van der Waals surface area contributed by atoms with E-state index in [4.69, 9.17) is 0 Å². The second kappa shape index (κ2) is 14.6. The lowest BCUT2D eigenvalue weighted by atomic mass is 10.2. The molecule has 3 amide bonds. The van der Waals surface area contributed by atoms with Gasteiger partial charge < -0.3 is 31.1 Å². The van der Waals surface area contributed by atoms with Crippen LogP contribution in [0.1, 0.15) is 24.8 Å². The number of carbonyl (C=O) groups is 3. The van der Waals surface area contributed by atoms with E-state index in [9.17, 15) is 24.6 Å². The van der Waals surface area contributed by atoms with Crippen LogP contribution >= 0.6 is 0 Å². The van der Waals surface area contributed by atoms with Crippen LogP contribution in [0.25, 0.3) is 0 Å². The van der Waals surface area contributed by atoms with Crippen LogP contribution in [0.3, 0.4) is 0 Å². The number of carbonyl (C=O) groups excluding carboxylic acids is 3. The van der Waals surface area contributed by atoms with Gasteiger partial charge in [-0.15, -0.1) is 0 Å². The molecule has 0 heterocycles. The fourth-order valence-electron chi connectivity index (χ4n) is 2.73. The largest absolute Gasteiger partial charge is 0.504 e. The minimum atomic E-state index is -0.255. The molecule has 0 aliphatic carbocycles. The van der Waals surface area contributed by atoms with Gasteiger partial charge in [-0.3, -0.25) is 14.4 Å². The fourth-order valence-corrected chi connectivity index (χ4v) is 2.73. The molecule has 1 aromatic carbocycles. The summed E-state index contributed by atoms with van der Waals surface area (Å²) in [5.41, 5.74) is 0.788. The number of phenolic OH excluding ortho intramolecular Hbond substituents is 2. The van der Waals surface area contributed by atoms with E-state index < -0.39 is 0 Å². The van der Waals surface area contributed by atoms with Crippen LogP contribution in [0.2, 0.25) is 0 Å². The first kappa shape index (κ1) is 25.7. The minimum Gasteiger partial charge on any atom is -0.504 e. The van der Waals surface area contributed by atoms with E-state index in [2.05, 4.69) is 29.1 Å². The molecule has 1 aromatic rings. The molecule has 5 N–H and O–H groups in total. The second-order valence-electron chi connectivity index (χ2n) is 6.83. The lowest BCUT2D eigenvalue weighted by Gasteiger charge is -2.23. The summed E-state index contributed by atoms with van der Waals surface area (Å²) in [5.74, 6) is -0.910. The standard InChI is InChI=1S/C22H32N4O5/c1-3-20(29)24-10-5-13-26(14-6-11-25-21(30)4-2)22(31)9-12-23-16-17-7-8-18(27)19(28)15-17/h3-4,7-8,15,23,27-28H,1-2,5-6,9-14,16H2,(H,24,29)(H,25,30). The van der Waals surface area contributed by atoms with Crippen molar-refractivity contribution in [2.45, 2.75) is 25.8 Å². The molecular formula is C22H32N4O5. The number of hydrogen-bond acceptors (Lipinski definition) is 6. The third-order valence-corrected chi connectivity index (χ3v) is 4.42. The van der Waals surface area contributed by atoms with Gasteiger partial charge >= 0.3 is 0 Å². The molecule has 170 valence electrons. The summed E-state index contributed by atoms with van der Waals surface area (Å²) in [5, 5.41) is 27.4. The molecule has 0 saturated carbocycles. The summed E-state index contributed by atoms with van der Waals surface area (Å²) < 4.78 is 0. The molecule has 0 aliphatic heterocycles. The van der Waals surface area contributed by atoms with Crippen molar-refractivity contribution in [2.75, 3.05) is 32.7 Å². The van der Waals surface area contributed by atoms with E-state index >= 15 is 0 Å². The summed E-state index contributed by atoms with van der Waals surface area (Å²) in [6.45, 7) is 9.52. The van der Waals surface area contributed by atoms with Crippen molar-refractivity contribution in [3.05, 3.63) is 49.1 Å². The Kier molecular flexibility index (Phi) is 12.1. The zero-order valence-electron chi connectivity index (χ0n) is 17.7. The normalized spacial score (nSPS) is 10.2. The van der Waals surface area contributed by atoms with Crippen molar-refractivity contribution in [1.82, 2.24) is 20.9 Å². The smallest absolute Gasteiger partial charge is 0.243 e. The van der Waals surface area contributed by atoms with E-state index in [1.165, 1.54) is 24.3 Å². The van der Waals surface area contributed by atoms with Gasteiger partial charge in [-0.1, -0.05) is 19.2 Å². The fraction of sp³-hybridized carbons (Fsp3) is 0.409. The van der Waals surface area contributed by atoms with Gasteiger partial charge in [0.15, 0.2) is 11.5 Å². The molecule has 0 unspecified atom stereocenters. The highest BCUT2D eigenvalue weighted by molar-refractivity contribution is 5.87. The number of hydrogen-bond donors (Lipinski definition) is 5. The van der Waals surface area contributed by atoms with Gasteiger partial charge in [-0.05, 0) is 42.7 Å². The number of nitrogens with one attached hydrogen (secondary N) is 3. The number of benzene rings is 1. The maximum absolute atomic E-state index is 12.6. The van der Waals surface area contributed by atoms with Gasteiger partial charge in [0.05, 0.1) is 0 Å². The third-order valence-electron chi connectivity index (χ3n) is 4.42. The van der Waals surface area contributed by atoms with Crippen molar-refractivity contribution in [2.24, 2.45) is 0 Å². The predicted molar refractivity (Wildman–Crippen MR) is 118 cm³/mol. The molecule has 1 rings (SSSR count). The molecule has 9 heteroatoms. The average Bonchev–Trinajstić information content (AvgIpc) is 2.77. The first-order valence-electron chi connectivity index (χ1n) is 10.2. The summed E-state index contributed by atoms with van der Waals surface area (Å²) in [6.07, 6.45) is 3.88. The van der Waals surface area contributed by atoms with E-state index in [0.29, 0.717) is 52.1 Å². The number of rotatable bonds is 15. The molecule has 0 aromatic heterocycles. The van der Waals surface area contributed by atoms with Crippen molar-refractivity contribution in [3.8, 4) is 11.5 Å². The van der Waals surface area contributed by atoms with Gasteiger partial charge in [0, 0.05) is 45.7 Å². The molecule has 9 nitrogen and oxygen atoms in total. The zero-order valence-corrected chi connectivity index (χ0v) is 17.7. The molecule has 0 spiro atoms. The van der Waals surface area contributed by atoms with Crippen LogP contribution in [-0.2, 0) is 20.9 Å². The van der Waals surface area contributed by atoms with Crippen molar-refractivity contribution < 1.29 is 24.6 Å². The highest BCUT2D eigenvalue weighted by Crippen LogP contribution is 2.24. The van der Waals surface area contributed by atoms with Crippen molar-refractivity contribution in [1.29, 1.82) is 0 Å². The Hall–Kier alpha value is -3.33. The Balaban J connectivity index is 2.44. The Labute approximate surface area is 182 Å². The van der Waals surface area contributed by atoms with Gasteiger partial charge in [0.1, 0.15) is 0 Å². The minimum absolute atomic E-state index is 0.0360. The lowest BCUT2D eigenvalue weighted by molar-refractivity contribution is -0.131. The molecule has 0 radical (unpaired) electrons. The average molecular weight is 433 g/mol. The van der Waals surface area contributed by atoms with Gasteiger partial charge in [0.2, 0.25) is 17.7 Å². The number of aromatic hydroxyl groups is 2. The second-order valence-corrected chi connectivity index (χ2v) is 6.83. The highest BCUT2D eigenvalue weighted by Gasteiger charge is 2.13. The van der Waals surface area contributed by atoms with Crippen molar-refractivity contribution in [3.63, 3.8) is 0 Å². The van der Waals surface area contributed by atoms with Crippen LogP contribution in [0.5, 0.6) is 11.5 Å². The quantitative estimate of drug-likeness (QED) is 0.158. The third kappa shape index (κ3) is 10.9. The summed E-state index contributed by atoms with van der Waals surface area (Å²) in [4.78, 5) is 36.8. The molecule has 0 aliphatic rings. The van der Waals surface area contributed by atoms with E-state index in [0.717, 1.165) is 5.56 Å².